The molecule has 0 radical (unpaired) electrons. The van der Waals surface area contributed by atoms with E-state index in [1.54, 1.807) is 29.3 Å². The predicted octanol–water partition coefficient (Wildman–Crippen LogP) is 6.47. The van der Waals surface area contributed by atoms with Gasteiger partial charge in [0.1, 0.15) is 5.65 Å². The minimum absolute atomic E-state index is 0.182. The molecule has 200 valence electrons. The molecule has 4 aromatic rings. The van der Waals surface area contributed by atoms with Gasteiger partial charge >= 0.3 is 0 Å². The van der Waals surface area contributed by atoms with Crippen molar-refractivity contribution in [3.05, 3.63) is 58.5 Å². The third-order valence-electron chi connectivity index (χ3n) is 7.20. The van der Waals surface area contributed by atoms with E-state index in [2.05, 4.69) is 47.1 Å². The number of unbranched alkanes of at least 4 members (excludes halogenated alkanes) is 1. The lowest BCUT2D eigenvalue weighted by atomic mass is 10.1. The number of halogens is 2. The molecule has 38 heavy (non-hydrogen) atoms. The third-order valence-corrected chi connectivity index (χ3v) is 7.81. The van der Waals surface area contributed by atoms with Crippen LogP contribution in [0.4, 0.5) is 11.4 Å². The molecular weight excluding hydrogens is 521 g/mol. The number of amides is 1. The van der Waals surface area contributed by atoms with Gasteiger partial charge < -0.3 is 14.8 Å². The first-order valence-electron chi connectivity index (χ1n) is 13.0. The first kappa shape index (κ1) is 26.5. The lowest BCUT2D eigenvalue weighted by Crippen LogP contribution is -2.45. The van der Waals surface area contributed by atoms with Crippen molar-refractivity contribution in [3.8, 4) is 11.3 Å². The molecule has 3 aromatic heterocycles. The SMILES string of the molecule is CCCC.CN1CCC(n2cc(-c3cc4c5c(cnc4[nH]3)C(=O)N(c3c(Cl)cccc3Cl)CN5C)cn2)C1. The maximum absolute atomic E-state index is 13.5. The molecule has 1 unspecified atom stereocenters. The maximum atomic E-state index is 13.5. The van der Waals surface area contributed by atoms with Crippen molar-refractivity contribution < 1.29 is 4.79 Å². The summed E-state index contributed by atoms with van der Waals surface area (Å²) in [7, 11) is 4.08. The van der Waals surface area contributed by atoms with Crippen LogP contribution in [0, 0.1) is 0 Å². The third kappa shape index (κ3) is 4.88. The summed E-state index contributed by atoms with van der Waals surface area (Å²) in [6, 6.07) is 7.66. The molecule has 1 aromatic carbocycles. The van der Waals surface area contributed by atoms with E-state index in [-0.39, 0.29) is 5.91 Å². The fourth-order valence-electron chi connectivity index (χ4n) is 5.00. The van der Waals surface area contributed by atoms with Crippen molar-refractivity contribution in [1.82, 2.24) is 24.6 Å². The summed E-state index contributed by atoms with van der Waals surface area (Å²) < 4.78 is 2.05. The highest BCUT2D eigenvalue weighted by molar-refractivity contribution is 6.40. The quantitative estimate of drug-likeness (QED) is 0.313. The second kappa shape index (κ2) is 11.0. The maximum Gasteiger partial charge on any atom is 0.263 e. The summed E-state index contributed by atoms with van der Waals surface area (Å²) in [4.78, 5) is 27.4. The molecule has 0 spiro atoms. The lowest BCUT2D eigenvalue weighted by Gasteiger charge is -2.36. The molecule has 1 N–H and O–H groups in total. The number of likely N-dealkylation sites (tertiary alicyclic amines) is 1. The van der Waals surface area contributed by atoms with E-state index in [4.69, 9.17) is 23.2 Å². The molecule has 1 atom stereocenters. The van der Waals surface area contributed by atoms with Crippen LogP contribution in [0.5, 0.6) is 0 Å². The zero-order valence-electron chi connectivity index (χ0n) is 22.2. The number of para-hydroxylation sites is 1. The zero-order chi connectivity index (χ0) is 27.0. The van der Waals surface area contributed by atoms with Gasteiger partial charge in [-0.15, -0.1) is 0 Å². The summed E-state index contributed by atoms with van der Waals surface area (Å²) in [5, 5.41) is 6.36. The normalized spacial score (nSPS) is 17.6. The van der Waals surface area contributed by atoms with Crippen molar-refractivity contribution in [3.63, 3.8) is 0 Å². The Morgan fingerprint density at radius 1 is 1.08 bits per heavy atom. The van der Waals surface area contributed by atoms with Gasteiger partial charge in [-0.25, -0.2) is 4.98 Å². The van der Waals surface area contributed by atoms with Gasteiger partial charge in [0.2, 0.25) is 0 Å². The number of hydrogen-bond acceptors (Lipinski definition) is 5. The molecule has 1 saturated heterocycles. The van der Waals surface area contributed by atoms with Crippen LogP contribution >= 0.6 is 23.2 Å². The van der Waals surface area contributed by atoms with E-state index >= 15 is 0 Å². The number of nitrogens with one attached hydrogen (secondary N) is 1. The van der Waals surface area contributed by atoms with Crippen LogP contribution in [0.15, 0.2) is 42.9 Å². The van der Waals surface area contributed by atoms with Gasteiger partial charge in [0.25, 0.3) is 5.91 Å². The molecule has 5 heterocycles. The number of H-pyrrole nitrogens is 1. The van der Waals surface area contributed by atoms with Crippen molar-refractivity contribution >= 4 is 51.5 Å². The van der Waals surface area contributed by atoms with Crippen LogP contribution in [-0.2, 0) is 0 Å². The van der Waals surface area contributed by atoms with Crippen LogP contribution < -0.4 is 9.80 Å². The lowest BCUT2D eigenvalue weighted by molar-refractivity contribution is 0.0982. The Bertz CT molecular complexity index is 1440. The molecule has 10 heteroatoms. The Hall–Kier alpha value is -3.07. The van der Waals surface area contributed by atoms with E-state index in [0.29, 0.717) is 34.0 Å². The van der Waals surface area contributed by atoms with Gasteiger partial charge in [-0.2, -0.15) is 5.10 Å². The average molecular weight is 555 g/mol. The minimum atomic E-state index is -0.182. The number of likely N-dealkylation sites (N-methyl/N-ethyl adjacent to an activating group) is 1. The van der Waals surface area contributed by atoms with E-state index in [1.807, 2.05) is 28.9 Å². The monoisotopic (exact) mass is 553 g/mol. The Morgan fingerprint density at radius 3 is 2.47 bits per heavy atom. The Labute approximate surface area is 233 Å². The van der Waals surface area contributed by atoms with E-state index < -0.39 is 0 Å². The first-order valence-corrected chi connectivity index (χ1v) is 13.8. The summed E-state index contributed by atoms with van der Waals surface area (Å²) in [6.45, 7) is 6.77. The zero-order valence-corrected chi connectivity index (χ0v) is 23.7. The fraction of sp³-hybridized carbons (Fsp3) is 0.393. The standard InChI is InChI=1S/C24H23Cl2N7O.C4H10/c1-30-7-6-15(12-30)33-11-14(9-28-33)20-8-16-21-17(10-27-23(16)29-20)24(34)32(13-31(21)2)22-18(25)4-3-5-19(22)26;1-3-4-2/h3-5,8-11,15H,6-7,12-13H2,1-2H3,(H,27,29);3-4H2,1-2H3. The van der Waals surface area contributed by atoms with E-state index in [1.165, 1.54) is 12.8 Å². The number of nitrogens with zero attached hydrogens (tertiary/aromatic N) is 6. The highest BCUT2D eigenvalue weighted by Crippen LogP contribution is 2.40. The van der Waals surface area contributed by atoms with Gasteiger partial charge in [-0.3, -0.25) is 14.4 Å². The number of pyridine rings is 1. The van der Waals surface area contributed by atoms with E-state index in [9.17, 15) is 4.79 Å². The Balaban J connectivity index is 0.000000689. The number of carbonyl (C=O) groups excluding carboxylic acids is 1. The van der Waals surface area contributed by atoms with Gasteiger partial charge in [0.05, 0.1) is 51.6 Å². The number of anilines is 2. The highest BCUT2D eigenvalue weighted by Gasteiger charge is 2.33. The second-order valence-corrected chi connectivity index (χ2v) is 10.8. The molecule has 1 fully saturated rings. The summed E-state index contributed by atoms with van der Waals surface area (Å²) in [6.07, 6.45) is 9.31. The number of carbonyl (C=O) groups is 1. The predicted molar refractivity (Wildman–Crippen MR) is 156 cm³/mol. The average Bonchev–Trinajstić information content (AvgIpc) is 3.65. The van der Waals surface area contributed by atoms with Crippen molar-refractivity contribution in [2.75, 3.05) is 43.7 Å². The smallest absolute Gasteiger partial charge is 0.263 e. The molecule has 1 amide bonds. The van der Waals surface area contributed by atoms with Gasteiger partial charge in [-0.05, 0) is 38.2 Å². The summed E-state index contributed by atoms with van der Waals surface area (Å²) >= 11 is 12.8. The molecular formula is C28H33Cl2N7O. The molecule has 6 rings (SSSR count). The fourth-order valence-corrected chi connectivity index (χ4v) is 5.60. The number of benzene rings is 1. The second-order valence-electron chi connectivity index (χ2n) is 10.0. The molecule has 0 saturated carbocycles. The summed E-state index contributed by atoms with van der Waals surface area (Å²) in [5.41, 5.74) is 4.50. The molecule has 2 aliphatic heterocycles. The number of fused-ring (bicyclic) bond motifs is 3. The van der Waals surface area contributed by atoms with Crippen molar-refractivity contribution in [2.24, 2.45) is 0 Å². The highest BCUT2D eigenvalue weighted by atomic mass is 35.5. The van der Waals surface area contributed by atoms with Gasteiger partial charge in [0.15, 0.2) is 0 Å². The molecule has 8 nitrogen and oxygen atoms in total. The van der Waals surface area contributed by atoms with Crippen LogP contribution in [0.1, 0.15) is 49.5 Å². The number of hydrogen-bond donors (Lipinski definition) is 1. The molecule has 0 bridgehead atoms. The number of aromatic nitrogens is 4. The first-order chi connectivity index (χ1) is 18.3. The van der Waals surface area contributed by atoms with Crippen LogP contribution in [0.3, 0.4) is 0 Å². The largest absolute Gasteiger partial charge is 0.355 e. The van der Waals surface area contributed by atoms with Crippen molar-refractivity contribution in [2.45, 2.75) is 39.2 Å². The molecule has 2 aliphatic rings. The van der Waals surface area contributed by atoms with Gasteiger partial charge in [-0.1, -0.05) is 56.0 Å². The van der Waals surface area contributed by atoms with Crippen molar-refractivity contribution in [1.29, 1.82) is 0 Å². The Kier molecular flexibility index (Phi) is 7.66. The van der Waals surface area contributed by atoms with E-state index in [0.717, 1.165) is 47.5 Å². The number of aromatic amines is 1. The number of rotatable bonds is 4. The van der Waals surface area contributed by atoms with Gasteiger partial charge in [0, 0.05) is 36.9 Å². The van der Waals surface area contributed by atoms with Crippen LogP contribution in [0.2, 0.25) is 10.0 Å². The minimum Gasteiger partial charge on any atom is -0.355 e. The van der Waals surface area contributed by atoms with Crippen LogP contribution in [-0.4, -0.2) is 64.4 Å². The van der Waals surface area contributed by atoms with Crippen LogP contribution in [0.25, 0.3) is 22.3 Å². The topological polar surface area (TPSA) is 73.3 Å². The summed E-state index contributed by atoms with van der Waals surface area (Å²) in [5.74, 6) is -0.182. The Morgan fingerprint density at radius 2 is 1.82 bits per heavy atom. The molecule has 0 aliphatic carbocycles.